The third-order valence-electron chi connectivity index (χ3n) is 2.03. The number of rotatable bonds is 6. The van der Waals surface area contributed by atoms with Crippen LogP contribution in [0.25, 0.3) is 0 Å². The summed E-state index contributed by atoms with van der Waals surface area (Å²) in [6.07, 6.45) is 1.05. The molecule has 6 heteroatoms. The molecule has 0 bridgehead atoms. The lowest BCUT2D eigenvalue weighted by molar-refractivity contribution is -0.144. The predicted octanol–water partition coefficient (Wildman–Crippen LogP) is 0.736. The van der Waals surface area contributed by atoms with Crippen LogP contribution in [0, 0.1) is 11.3 Å². The summed E-state index contributed by atoms with van der Waals surface area (Å²) in [4.78, 5) is 0. The maximum Gasteiger partial charge on any atom is 0.177 e. The van der Waals surface area contributed by atoms with Crippen LogP contribution in [0.15, 0.2) is 6.20 Å². The first-order valence-corrected chi connectivity index (χ1v) is 5.17. The van der Waals surface area contributed by atoms with Gasteiger partial charge in [0.05, 0.1) is 12.7 Å². The lowest BCUT2D eigenvalue weighted by atomic mass is 10.4. The highest BCUT2D eigenvalue weighted by Gasteiger charge is 2.13. The van der Waals surface area contributed by atoms with Crippen LogP contribution in [0.3, 0.4) is 0 Å². The Morgan fingerprint density at radius 1 is 1.50 bits per heavy atom. The van der Waals surface area contributed by atoms with Crippen molar-refractivity contribution in [3.05, 3.63) is 11.8 Å². The van der Waals surface area contributed by atoms with Gasteiger partial charge in [0.2, 0.25) is 0 Å². The molecule has 1 heterocycles. The van der Waals surface area contributed by atoms with Gasteiger partial charge in [0.1, 0.15) is 17.5 Å². The fraction of sp³-hybridized carbons (Fsp3) is 0.600. The number of hydrogen-bond acceptors (Lipinski definition) is 5. The Balaban J connectivity index is 2.69. The summed E-state index contributed by atoms with van der Waals surface area (Å²) in [5.41, 5.74) is 6.09. The summed E-state index contributed by atoms with van der Waals surface area (Å²) >= 11 is 0. The molecule has 0 aromatic carbocycles. The van der Waals surface area contributed by atoms with Crippen molar-refractivity contribution in [2.45, 2.75) is 26.7 Å². The van der Waals surface area contributed by atoms with Crippen LogP contribution < -0.4 is 5.73 Å². The fourth-order valence-electron chi connectivity index (χ4n) is 1.29. The molecule has 2 N–H and O–H groups in total. The maximum atomic E-state index is 8.73. The first-order valence-electron chi connectivity index (χ1n) is 5.17. The molecule has 0 fully saturated rings. The van der Waals surface area contributed by atoms with E-state index < -0.39 is 0 Å². The van der Waals surface area contributed by atoms with Crippen LogP contribution >= 0.6 is 0 Å². The van der Waals surface area contributed by atoms with Crippen molar-refractivity contribution in [1.82, 2.24) is 9.78 Å². The molecule has 1 rings (SSSR count). The maximum absolute atomic E-state index is 8.73. The molecule has 0 aliphatic rings. The molecule has 0 atom stereocenters. The van der Waals surface area contributed by atoms with Gasteiger partial charge in [0, 0.05) is 13.2 Å². The van der Waals surface area contributed by atoms with E-state index in [4.69, 9.17) is 20.5 Å². The highest BCUT2D eigenvalue weighted by molar-refractivity contribution is 5.47. The van der Waals surface area contributed by atoms with Gasteiger partial charge in [0.25, 0.3) is 0 Å². The van der Waals surface area contributed by atoms with Crippen LogP contribution in [0.2, 0.25) is 0 Å². The van der Waals surface area contributed by atoms with E-state index >= 15 is 0 Å². The van der Waals surface area contributed by atoms with Gasteiger partial charge >= 0.3 is 0 Å². The number of aromatic nitrogens is 2. The largest absolute Gasteiger partial charge is 0.383 e. The van der Waals surface area contributed by atoms with E-state index in [1.165, 1.54) is 10.9 Å². The van der Waals surface area contributed by atoms with Crippen molar-refractivity contribution >= 4 is 5.82 Å². The molecular weight excluding hydrogens is 208 g/mol. The zero-order valence-corrected chi connectivity index (χ0v) is 9.51. The van der Waals surface area contributed by atoms with E-state index in [1.807, 2.05) is 19.9 Å². The zero-order chi connectivity index (χ0) is 12.0. The average Bonchev–Trinajstić information content (AvgIpc) is 2.61. The molecule has 0 spiro atoms. The van der Waals surface area contributed by atoms with Gasteiger partial charge in [-0.1, -0.05) is 0 Å². The molecule has 1 aromatic rings. The second-order valence-corrected chi connectivity index (χ2v) is 3.08. The van der Waals surface area contributed by atoms with Gasteiger partial charge in [-0.3, -0.25) is 0 Å². The quantitative estimate of drug-likeness (QED) is 0.720. The Kier molecular flexibility index (Phi) is 4.76. The molecule has 0 amide bonds. The predicted molar refractivity (Wildman–Crippen MR) is 58.4 cm³/mol. The van der Waals surface area contributed by atoms with Gasteiger partial charge in [0.15, 0.2) is 6.29 Å². The van der Waals surface area contributed by atoms with Gasteiger partial charge in [-0.15, -0.1) is 0 Å². The van der Waals surface area contributed by atoms with Crippen LogP contribution in [-0.4, -0.2) is 29.3 Å². The summed E-state index contributed by atoms with van der Waals surface area (Å²) in [5, 5.41) is 12.7. The Morgan fingerprint density at radius 3 is 2.56 bits per heavy atom. The molecular formula is C10H16N4O2. The summed E-state index contributed by atoms with van der Waals surface area (Å²) in [6, 6.07) is 1.96. The van der Waals surface area contributed by atoms with Crippen molar-refractivity contribution in [2.24, 2.45) is 0 Å². The summed E-state index contributed by atoms with van der Waals surface area (Å²) < 4.78 is 12.2. The van der Waals surface area contributed by atoms with Gasteiger partial charge in [-0.25, -0.2) is 4.68 Å². The summed E-state index contributed by atoms with van der Waals surface area (Å²) in [6.45, 7) is 5.27. The lowest BCUT2D eigenvalue weighted by Crippen LogP contribution is -2.25. The smallest absolute Gasteiger partial charge is 0.177 e. The van der Waals surface area contributed by atoms with Crippen molar-refractivity contribution in [3.63, 3.8) is 0 Å². The minimum atomic E-state index is -0.385. The molecule has 1 aromatic heterocycles. The lowest BCUT2D eigenvalue weighted by Gasteiger charge is -2.17. The summed E-state index contributed by atoms with van der Waals surface area (Å²) in [5.74, 6) is 0.340. The van der Waals surface area contributed by atoms with Crippen LogP contribution in [-0.2, 0) is 16.0 Å². The Hall–Kier alpha value is -1.58. The molecule has 0 saturated heterocycles. The Labute approximate surface area is 94.6 Å². The van der Waals surface area contributed by atoms with Gasteiger partial charge < -0.3 is 15.2 Å². The normalized spacial score (nSPS) is 10.6. The second-order valence-electron chi connectivity index (χ2n) is 3.08. The number of nitrogen functional groups attached to an aromatic ring is 1. The molecule has 16 heavy (non-hydrogen) atoms. The number of nitrogens with two attached hydrogens (primary N) is 1. The minimum absolute atomic E-state index is 0.340. The highest BCUT2D eigenvalue weighted by atomic mass is 16.7. The van der Waals surface area contributed by atoms with Crippen molar-refractivity contribution in [2.75, 3.05) is 18.9 Å². The van der Waals surface area contributed by atoms with E-state index in [0.717, 1.165) is 0 Å². The first-order chi connectivity index (χ1) is 7.72. The summed E-state index contributed by atoms with van der Waals surface area (Å²) in [7, 11) is 0. The molecule has 0 aliphatic heterocycles. The van der Waals surface area contributed by atoms with Crippen LogP contribution in [0.1, 0.15) is 19.4 Å². The van der Waals surface area contributed by atoms with E-state index in [1.54, 1.807) is 0 Å². The van der Waals surface area contributed by atoms with Gasteiger partial charge in [-0.2, -0.15) is 10.4 Å². The zero-order valence-electron chi connectivity index (χ0n) is 9.51. The third kappa shape index (κ3) is 2.95. The number of nitrogens with zero attached hydrogens (tertiary/aromatic N) is 3. The van der Waals surface area contributed by atoms with E-state index in [2.05, 4.69) is 5.10 Å². The minimum Gasteiger partial charge on any atom is -0.383 e. The van der Waals surface area contributed by atoms with Crippen molar-refractivity contribution < 1.29 is 9.47 Å². The van der Waals surface area contributed by atoms with Crippen molar-refractivity contribution in [1.29, 1.82) is 5.26 Å². The number of nitriles is 1. The van der Waals surface area contributed by atoms with E-state index in [9.17, 15) is 0 Å². The molecule has 0 radical (unpaired) electrons. The molecule has 6 nitrogen and oxygen atoms in total. The van der Waals surface area contributed by atoms with E-state index in [-0.39, 0.29) is 6.29 Å². The number of hydrogen-bond donors (Lipinski definition) is 1. The second kappa shape index (κ2) is 6.10. The number of ether oxygens (including phenoxy) is 2. The monoisotopic (exact) mass is 224 g/mol. The van der Waals surface area contributed by atoms with Crippen molar-refractivity contribution in [3.8, 4) is 6.07 Å². The molecule has 0 aliphatic carbocycles. The van der Waals surface area contributed by atoms with Gasteiger partial charge in [-0.05, 0) is 13.8 Å². The highest BCUT2D eigenvalue weighted by Crippen LogP contribution is 2.11. The average molecular weight is 224 g/mol. The standard InChI is InChI=1S/C10H16N4O2/c1-3-15-9(16-4-2)7-14-10(12)8(5-11)6-13-14/h6,9H,3-4,7,12H2,1-2H3. The topological polar surface area (TPSA) is 86.1 Å². The Morgan fingerprint density at radius 2 is 2.12 bits per heavy atom. The fourth-order valence-corrected chi connectivity index (χ4v) is 1.29. The number of anilines is 1. The Bertz CT molecular complexity index is 363. The molecule has 0 saturated carbocycles. The van der Waals surface area contributed by atoms with Crippen LogP contribution in [0.4, 0.5) is 5.82 Å². The third-order valence-corrected chi connectivity index (χ3v) is 2.03. The van der Waals surface area contributed by atoms with Crippen LogP contribution in [0.5, 0.6) is 0 Å². The SMILES string of the molecule is CCOC(Cn1ncc(C#N)c1N)OCC. The first kappa shape index (κ1) is 12.5. The molecule has 88 valence electrons. The molecule has 0 unspecified atom stereocenters. The van der Waals surface area contributed by atoms with E-state index in [0.29, 0.717) is 31.1 Å².